The quantitative estimate of drug-likeness (QED) is 0.843. The van der Waals surface area contributed by atoms with Gasteiger partial charge in [0.05, 0.1) is 0 Å². The van der Waals surface area contributed by atoms with Crippen LogP contribution in [0.3, 0.4) is 0 Å². The van der Waals surface area contributed by atoms with Gasteiger partial charge in [-0.05, 0) is 44.0 Å². The molecule has 0 saturated heterocycles. The van der Waals surface area contributed by atoms with Gasteiger partial charge >= 0.3 is 0 Å². The average Bonchev–Trinajstić information content (AvgIpc) is 2.62. The van der Waals surface area contributed by atoms with Crippen molar-refractivity contribution in [3.05, 3.63) is 65.7 Å². The minimum absolute atomic E-state index is 0.0135. The van der Waals surface area contributed by atoms with Crippen LogP contribution in [0.15, 0.2) is 54.6 Å². The van der Waals surface area contributed by atoms with E-state index in [-0.39, 0.29) is 11.8 Å². The number of benzene rings is 2. The summed E-state index contributed by atoms with van der Waals surface area (Å²) in [4.78, 5) is 26.2. The molecule has 0 heterocycles. The van der Waals surface area contributed by atoms with Crippen LogP contribution < -0.4 is 5.32 Å². The van der Waals surface area contributed by atoms with Crippen LogP contribution in [-0.4, -0.2) is 29.8 Å². The second-order valence-electron chi connectivity index (χ2n) is 5.59. The van der Waals surface area contributed by atoms with Crippen molar-refractivity contribution in [2.75, 3.05) is 18.4 Å². The van der Waals surface area contributed by atoms with E-state index in [1.54, 1.807) is 29.2 Å². The topological polar surface area (TPSA) is 49.4 Å². The Bertz CT molecular complexity index is 679. The Labute approximate surface area is 143 Å². The molecule has 0 fully saturated rings. The van der Waals surface area contributed by atoms with E-state index in [2.05, 4.69) is 5.32 Å². The SMILES string of the molecule is CCN(CC)C(=O)c1cccc(NC(=O)CCc2ccccc2)c1. The van der Waals surface area contributed by atoms with Crippen LogP contribution in [0.4, 0.5) is 5.69 Å². The Morgan fingerprint density at radius 2 is 1.67 bits per heavy atom. The summed E-state index contributed by atoms with van der Waals surface area (Å²) in [6, 6.07) is 17.0. The molecule has 0 radical (unpaired) electrons. The smallest absolute Gasteiger partial charge is 0.253 e. The first-order chi connectivity index (χ1) is 11.6. The molecule has 0 aromatic heterocycles. The highest BCUT2D eigenvalue weighted by Crippen LogP contribution is 2.14. The molecule has 2 amide bonds. The fourth-order valence-corrected chi connectivity index (χ4v) is 2.55. The summed E-state index contributed by atoms with van der Waals surface area (Å²) >= 11 is 0. The number of nitrogens with zero attached hydrogens (tertiary/aromatic N) is 1. The zero-order chi connectivity index (χ0) is 17.4. The summed E-state index contributed by atoms with van der Waals surface area (Å²) < 4.78 is 0. The van der Waals surface area contributed by atoms with E-state index in [1.807, 2.05) is 44.2 Å². The Morgan fingerprint density at radius 1 is 0.958 bits per heavy atom. The number of nitrogens with one attached hydrogen (secondary N) is 1. The van der Waals surface area contributed by atoms with Crippen molar-refractivity contribution in [1.29, 1.82) is 0 Å². The Morgan fingerprint density at radius 3 is 2.33 bits per heavy atom. The van der Waals surface area contributed by atoms with Crippen LogP contribution in [0, 0.1) is 0 Å². The molecule has 126 valence electrons. The number of hydrogen-bond acceptors (Lipinski definition) is 2. The van der Waals surface area contributed by atoms with Crippen LogP contribution in [-0.2, 0) is 11.2 Å². The lowest BCUT2D eigenvalue weighted by molar-refractivity contribution is -0.116. The number of carbonyl (C=O) groups is 2. The summed E-state index contributed by atoms with van der Waals surface area (Å²) in [5.41, 5.74) is 2.39. The van der Waals surface area contributed by atoms with Crippen LogP contribution >= 0.6 is 0 Å². The van der Waals surface area contributed by atoms with Gasteiger partial charge in [-0.15, -0.1) is 0 Å². The average molecular weight is 324 g/mol. The van der Waals surface area contributed by atoms with E-state index in [0.29, 0.717) is 37.2 Å². The lowest BCUT2D eigenvalue weighted by Gasteiger charge is -2.19. The van der Waals surface area contributed by atoms with E-state index in [0.717, 1.165) is 5.56 Å². The maximum absolute atomic E-state index is 12.4. The van der Waals surface area contributed by atoms with Gasteiger partial charge in [-0.2, -0.15) is 0 Å². The lowest BCUT2D eigenvalue weighted by Crippen LogP contribution is -2.30. The monoisotopic (exact) mass is 324 g/mol. The first kappa shape index (κ1) is 17.7. The van der Waals surface area contributed by atoms with Crippen molar-refractivity contribution < 1.29 is 9.59 Å². The van der Waals surface area contributed by atoms with Gasteiger partial charge in [-0.1, -0.05) is 36.4 Å². The molecular formula is C20H24N2O2. The fraction of sp³-hybridized carbons (Fsp3) is 0.300. The number of carbonyl (C=O) groups excluding carboxylic acids is 2. The van der Waals surface area contributed by atoms with Gasteiger partial charge in [0.2, 0.25) is 5.91 Å². The van der Waals surface area contributed by atoms with E-state index >= 15 is 0 Å². The highest BCUT2D eigenvalue weighted by atomic mass is 16.2. The number of rotatable bonds is 7. The maximum Gasteiger partial charge on any atom is 0.253 e. The second kappa shape index (κ2) is 8.87. The molecule has 0 spiro atoms. The predicted molar refractivity (Wildman–Crippen MR) is 97.1 cm³/mol. The molecule has 24 heavy (non-hydrogen) atoms. The van der Waals surface area contributed by atoms with E-state index in [9.17, 15) is 9.59 Å². The van der Waals surface area contributed by atoms with Crippen molar-refractivity contribution in [2.45, 2.75) is 26.7 Å². The molecule has 0 aliphatic rings. The minimum atomic E-state index is -0.0497. The Balaban J connectivity index is 1.96. The standard InChI is InChI=1S/C20H24N2O2/c1-3-22(4-2)20(24)17-11-8-12-18(15-17)21-19(23)14-13-16-9-6-5-7-10-16/h5-12,15H,3-4,13-14H2,1-2H3,(H,21,23). The third-order valence-electron chi connectivity index (χ3n) is 3.93. The molecule has 0 atom stereocenters. The Hall–Kier alpha value is -2.62. The molecule has 0 aliphatic heterocycles. The zero-order valence-electron chi connectivity index (χ0n) is 14.3. The van der Waals surface area contributed by atoms with Crippen LogP contribution in [0.2, 0.25) is 0 Å². The van der Waals surface area contributed by atoms with Crippen molar-refractivity contribution in [1.82, 2.24) is 4.90 Å². The molecule has 1 N–H and O–H groups in total. The largest absolute Gasteiger partial charge is 0.339 e. The van der Waals surface area contributed by atoms with Gasteiger partial charge in [-0.3, -0.25) is 9.59 Å². The van der Waals surface area contributed by atoms with Crippen LogP contribution in [0.1, 0.15) is 36.2 Å². The highest BCUT2D eigenvalue weighted by Gasteiger charge is 2.13. The molecule has 2 aromatic carbocycles. The van der Waals surface area contributed by atoms with Gasteiger partial charge in [0.1, 0.15) is 0 Å². The lowest BCUT2D eigenvalue weighted by atomic mass is 10.1. The zero-order valence-corrected chi connectivity index (χ0v) is 14.3. The number of anilines is 1. The van der Waals surface area contributed by atoms with Gasteiger partial charge in [0.15, 0.2) is 0 Å². The van der Waals surface area contributed by atoms with E-state index in [1.165, 1.54) is 0 Å². The van der Waals surface area contributed by atoms with Gasteiger partial charge in [0.25, 0.3) is 5.91 Å². The third-order valence-corrected chi connectivity index (χ3v) is 3.93. The second-order valence-corrected chi connectivity index (χ2v) is 5.59. The van der Waals surface area contributed by atoms with Crippen molar-refractivity contribution in [3.63, 3.8) is 0 Å². The van der Waals surface area contributed by atoms with E-state index in [4.69, 9.17) is 0 Å². The van der Waals surface area contributed by atoms with Gasteiger partial charge in [-0.25, -0.2) is 0 Å². The summed E-state index contributed by atoms with van der Waals surface area (Å²) in [6.45, 7) is 5.25. The third kappa shape index (κ3) is 4.95. The summed E-state index contributed by atoms with van der Waals surface area (Å²) in [5, 5.41) is 2.87. The molecule has 4 heteroatoms. The van der Waals surface area contributed by atoms with Gasteiger partial charge in [0, 0.05) is 30.8 Å². The van der Waals surface area contributed by atoms with Gasteiger partial charge < -0.3 is 10.2 Å². The number of amides is 2. The molecular weight excluding hydrogens is 300 g/mol. The van der Waals surface area contributed by atoms with E-state index < -0.39 is 0 Å². The Kier molecular flexibility index (Phi) is 6.55. The number of aryl methyl sites for hydroxylation is 1. The first-order valence-electron chi connectivity index (χ1n) is 8.37. The first-order valence-corrected chi connectivity index (χ1v) is 8.37. The van der Waals surface area contributed by atoms with Crippen LogP contribution in [0.25, 0.3) is 0 Å². The maximum atomic E-state index is 12.4. The summed E-state index contributed by atoms with van der Waals surface area (Å²) in [7, 11) is 0. The van der Waals surface area contributed by atoms with Crippen molar-refractivity contribution >= 4 is 17.5 Å². The molecule has 0 bridgehead atoms. The van der Waals surface area contributed by atoms with Crippen molar-refractivity contribution in [2.24, 2.45) is 0 Å². The number of hydrogen-bond donors (Lipinski definition) is 1. The predicted octanol–water partition coefficient (Wildman–Crippen LogP) is 3.74. The van der Waals surface area contributed by atoms with Crippen LogP contribution in [0.5, 0.6) is 0 Å². The summed E-state index contributed by atoms with van der Waals surface area (Å²) in [5.74, 6) is -0.0633. The molecule has 4 nitrogen and oxygen atoms in total. The molecule has 2 rings (SSSR count). The summed E-state index contributed by atoms with van der Waals surface area (Å²) in [6.07, 6.45) is 1.11. The molecule has 2 aromatic rings. The fourth-order valence-electron chi connectivity index (χ4n) is 2.55. The molecule has 0 saturated carbocycles. The van der Waals surface area contributed by atoms with Crippen molar-refractivity contribution in [3.8, 4) is 0 Å². The minimum Gasteiger partial charge on any atom is -0.339 e. The molecule has 0 unspecified atom stereocenters. The normalized spacial score (nSPS) is 10.2. The highest BCUT2D eigenvalue weighted by molar-refractivity contribution is 5.97. The molecule has 0 aliphatic carbocycles.